The summed E-state index contributed by atoms with van der Waals surface area (Å²) in [6.07, 6.45) is 6.59. The first-order valence-electron chi connectivity index (χ1n) is 4.53. The van der Waals surface area contributed by atoms with Gasteiger partial charge >= 0.3 is 0 Å². The predicted octanol–water partition coefficient (Wildman–Crippen LogP) is 3.69. The average Bonchev–Trinajstić information content (AvgIpc) is 2.03. The van der Waals surface area contributed by atoms with Crippen molar-refractivity contribution >= 4 is 16.8 Å². The Labute approximate surface area is 85.5 Å². The Morgan fingerprint density at radius 2 is 2.15 bits per heavy atom. The summed E-state index contributed by atoms with van der Waals surface area (Å²) >= 11 is 5.36. The average molecular weight is 201 g/mol. The summed E-state index contributed by atoms with van der Waals surface area (Å²) in [5.41, 5.74) is 1.31. The highest BCUT2D eigenvalue weighted by Gasteiger charge is 2.10. The van der Waals surface area contributed by atoms with Crippen molar-refractivity contribution < 1.29 is 4.79 Å². The normalized spacial score (nSPS) is 11.9. The third-order valence-electron chi connectivity index (χ3n) is 1.85. The molecule has 0 amide bonds. The minimum absolute atomic E-state index is 0.174. The van der Waals surface area contributed by atoms with Crippen LogP contribution in [0.1, 0.15) is 33.1 Å². The molecule has 0 rings (SSSR count). The van der Waals surface area contributed by atoms with E-state index in [2.05, 4.69) is 26.5 Å². The highest BCUT2D eigenvalue weighted by Crippen LogP contribution is 2.13. The van der Waals surface area contributed by atoms with Crippen LogP contribution in [0.2, 0.25) is 0 Å². The van der Waals surface area contributed by atoms with E-state index in [9.17, 15) is 4.79 Å². The lowest BCUT2D eigenvalue weighted by Gasteiger charge is -2.04. The second kappa shape index (κ2) is 6.90. The van der Waals surface area contributed by atoms with Crippen LogP contribution < -0.4 is 0 Å². The first kappa shape index (κ1) is 12.4. The molecular formula is C11H17ClO. The van der Waals surface area contributed by atoms with Gasteiger partial charge in [0.15, 0.2) is 0 Å². The van der Waals surface area contributed by atoms with Crippen molar-refractivity contribution in [2.45, 2.75) is 33.1 Å². The van der Waals surface area contributed by atoms with Gasteiger partial charge in [-0.15, -0.1) is 6.58 Å². The Kier molecular flexibility index (Phi) is 6.61. The number of allylic oxidation sites excluding steroid dienone is 3. The summed E-state index contributed by atoms with van der Waals surface area (Å²) in [5, 5.41) is -0.299. The van der Waals surface area contributed by atoms with Gasteiger partial charge in [0.1, 0.15) is 0 Å². The molecule has 0 N–H and O–H groups in total. The topological polar surface area (TPSA) is 17.1 Å². The van der Waals surface area contributed by atoms with E-state index in [0.717, 1.165) is 19.3 Å². The van der Waals surface area contributed by atoms with Crippen LogP contribution in [0.4, 0.5) is 0 Å². The molecule has 1 atom stereocenters. The fourth-order valence-corrected chi connectivity index (χ4v) is 1.25. The highest BCUT2D eigenvalue weighted by atomic mass is 35.5. The second-order valence-electron chi connectivity index (χ2n) is 3.36. The number of carbonyl (C=O) groups is 1. The van der Waals surface area contributed by atoms with Gasteiger partial charge in [0, 0.05) is 0 Å². The third kappa shape index (κ3) is 6.59. The zero-order valence-corrected chi connectivity index (χ0v) is 9.10. The molecule has 0 aromatic carbocycles. The van der Waals surface area contributed by atoms with Crippen LogP contribution in [-0.2, 0) is 4.79 Å². The SMILES string of the molecule is C=CC(CCCC=C(C)C)C(=O)Cl. The van der Waals surface area contributed by atoms with E-state index >= 15 is 0 Å². The lowest BCUT2D eigenvalue weighted by atomic mass is 10.0. The van der Waals surface area contributed by atoms with Crippen molar-refractivity contribution in [3.05, 3.63) is 24.3 Å². The van der Waals surface area contributed by atoms with Gasteiger partial charge in [-0.1, -0.05) is 17.7 Å². The minimum atomic E-state index is -0.299. The summed E-state index contributed by atoms with van der Waals surface area (Å²) in [7, 11) is 0. The third-order valence-corrected chi connectivity index (χ3v) is 2.13. The molecular weight excluding hydrogens is 184 g/mol. The van der Waals surface area contributed by atoms with E-state index in [-0.39, 0.29) is 11.2 Å². The van der Waals surface area contributed by atoms with E-state index in [1.54, 1.807) is 6.08 Å². The van der Waals surface area contributed by atoms with Crippen molar-refractivity contribution in [2.24, 2.45) is 5.92 Å². The molecule has 0 radical (unpaired) electrons. The molecule has 0 saturated heterocycles. The van der Waals surface area contributed by atoms with Crippen LogP contribution in [0, 0.1) is 5.92 Å². The summed E-state index contributed by atoms with van der Waals surface area (Å²) in [4.78, 5) is 10.8. The molecule has 0 heterocycles. The van der Waals surface area contributed by atoms with E-state index in [1.165, 1.54) is 5.57 Å². The standard InChI is InChI=1S/C11H17ClO/c1-4-10(11(12)13)8-6-5-7-9(2)3/h4,7,10H,1,5-6,8H2,2-3H3. The zero-order valence-electron chi connectivity index (χ0n) is 8.35. The Hall–Kier alpha value is -0.560. The molecule has 0 aliphatic rings. The first-order valence-corrected chi connectivity index (χ1v) is 4.91. The summed E-state index contributed by atoms with van der Waals surface area (Å²) < 4.78 is 0. The van der Waals surface area contributed by atoms with Gasteiger partial charge in [0.05, 0.1) is 5.92 Å². The number of hydrogen-bond acceptors (Lipinski definition) is 1. The molecule has 0 aliphatic heterocycles. The van der Waals surface area contributed by atoms with Crippen molar-refractivity contribution in [2.75, 3.05) is 0 Å². The number of unbranched alkanes of at least 4 members (excludes halogenated alkanes) is 1. The minimum Gasteiger partial charge on any atom is -0.281 e. The number of halogens is 1. The van der Waals surface area contributed by atoms with Crippen molar-refractivity contribution in [1.29, 1.82) is 0 Å². The summed E-state index contributed by atoms with van der Waals surface area (Å²) in [5.74, 6) is -0.174. The van der Waals surface area contributed by atoms with Crippen LogP contribution >= 0.6 is 11.6 Å². The van der Waals surface area contributed by atoms with Gasteiger partial charge in [-0.05, 0) is 44.7 Å². The Bertz CT molecular complexity index is 202. The fraction of sp³-hybridized carbons (Fsp3) is 0.545. The second-order valence-corrected chi connectivity index (χ2v) is 3.73. The lowest BCUT2D eigenvalue weighted by Crippen LogP contribution is -2.04. The van der Waals surface area contributed by atoms with Crippen molar-refractivity contribution in [3.63, 3.8) is 0 Å². The lowest BCUT2D eigenvalue weighted by molar-refractivity contribution is -0.114. The van der Waals surface area contributed by atoms with E-state index in [4.69, 9.17) is 11.6 Å². The van der Waals surface area contributed by atoms with Gasteiger partial charge in [0.2, 0.25) is 5.24 Å². The molecule has 74 valence electrons. The smallest absolute Gasteiger partial charge is 0.228 e. The van der Waals surface area contributed by atoms with E-state index in [0.29, 0.717) is 0 Å². The van der Waals surface area contributed by atoms with Crippen molar-refractivity contribution in [3.8, 4) is 0 Å². The molecule has 13 heavy (non-hydrogen) atoms. The quantitative estimate of drug-likeness (QED) is 0.363. The molecule has 0 saturated carbocycles. The fourth-order valence-electron chi connectivity index (χ4n) is 1.05. The Balaban J connectivity index is 3.68. The van der Waals surface area contributed by atoms with Gasteiger partial charge in [-0.2, -0.15) is 0 Å². The number of rotatable bonds is 6. The maximum Gasteiger partial charge on any atom is 0.228 e. The number of hydrogen-bond donors (Lipinski definition) is 0. The van der Waals surface area contributed by atoms with E-state index in [1.807, 2.05) is 0 Å². The Morgan fingerprint density at radius 1 is 1.54 bits per heavy atom. The largest absolute Gasteiger partial charge is 0.281 e. The predicted molar refractivity (Wildman–Crippen MR) is 57.8 cm³/mol. The zero-order chi connectivity index (χ0) is 10.3. The maximum atomic E-state index is 10.8. The first-order chi connectivity index (χ1) is 6.07. The highest BCUT2D eigenvalue weighted by molar-refractivity contribution is 6.64. The van der Waals surface area contributed by atoms with Gasteiger partial charge in [-0.3, -0.25) is 4.79 Å². The van der Waals surface area contributed by atoms with Crippen LogP contribution in [-0.4, -0.2) is 5.24 Å². The van der Waals surface area contributed by atoms with Crippen LogP contribution in [0.5, 0.6) is 0 Å². The van der Waals surface area contributed by atoms with Crippen LogP contribution in [0.25, 0.3) is 0 Å². The molecule has 1 nitrogen and oxygen atoms in total. The summed E-state index contributed by atoms with van der Waals surface area (Å²) in [6.45, 7) is 7.71. The van der Waals surface area contributed by atoms with Crippen molar-refractivity contribution in [1.82, 2.24) is 0 Å². The molecule has 0 aromatic heterocycles. The molecule has 0 fully saturated rings. The monoisotopic (exact) mass is 200 g/mol. The van der Waals surface area contributed by atoms with Gasteiger partial charge in [0.25, 0.3) is 0 Å². The summed E-state index contributed by atoms with van der Waals surface area (Å²) in [6, 6.07) is 0. The molecule has 0 bridgehead atoms. The van der Waals surface area contributed by atoms with E-state index < -0.39 is 0 Å². The number of carbonyl (C=O) groups excluding carboxylic acids is 1. The molecule has 1 unspecified atom stereocenters. The molecule has 0 aromatic rings. The van der Waals surface area contributed by atoms with Gasteiger partial charge < -0.3 is 0 Å². The Morgan fingerprint density at radius 3 is 2.54 bits per heavy atom. The molecule has 0 spiro atoms. The molecule has 2 heteroatoms. The van der Waals surface area contributed by atoms with Crippen LogP contribution in [0.3, 0.4) is 0 Å². The van der Waals surface area contributed by atoms with Crippen LogP contribution in [0.15, 0.2) is 24.3 Å². The van der Waals surface area contributed by atoms with Gasteiger partial charge in [-0.25, -0.2) is 0 Å². The maximum absolute atomic E-state index is 10.8. The molecule has 0 aliphatic carbocycles.